The predicted octanol–water partition coefficient (Wildman–Crippen LogP) is 10.3. The number of hydrogen-bond acceptors (Lipinski definition) is 1. The van der Waals surface area contributed by atoms with Gasteiger partial charge in [0.15, 0.2) is 0 Å². The molecule has 1 aliphatic rings. The molecule has 0 bridgehead atoms. The van der Waals surface area contributed by atoms with Crippen molar-refractivity contribution in [3.8, 4) is 33.4 Å². The summed E-state index contributed by atoms with van der Waals surface area (Å²) in [7, 11) is 0. The average molecular weight is 475 g/mol. The molecule has 7 rings (SSSR count). The molecule has 0 N–H and O–H groups in total. The second-order valence-corrected chi connectivity index (χ2v) is 9.62. The highest BCUT2D eigenvalue weighted by Gasteiger charge is 2.14. The summed E-state index contributed by atoms with van der Waals surface area (Å²) in [5.41, 5.74) is 11.8. The fourth-order valence-corrected chi connectivity index (χ4v) is 5.52. The maximum absolute atomic E-state index is 6.27. The first-order valence-corrected chi connectivity index (χ1v) is 12.9. The Bertz CT molecular complexity index is 1810. The zero-order chi connectivity index (χ0) is 24.6. The summed E-state index contributed by atoms with van der Waals surface area (Å²) in [6.07, 6.45) is 9.09. The van der Waals surface area contributed by atoms with Crippen LogP contribution < -0.4 is 0 Å². The molecule has 0 spiro atoms. The van der Waals surface area contributed by atoms with Crippen LogP contribution in [0.1, 0.15) is 18.4 Å². The molecule has 176 valence electrons. The molecular formula is C36H26O. The van der Waals surface area contributed by atoms with E-state index < -0.39 is 0 Å². The van der Waals surface area contributed by atoms with E-state index in [4.69, 9.17) is 4.42 Å². The molecule has 6 aromatic rings. The normalized spacial score (nSPS) is 13.2. The van der Waals surface area contributed by atoms with Gasteiger partial charge in [-0.1, -0.05) is 109 Å². The van der Waals surface area contributed by atoms with Crippen molar-refractivity contribution >= 4 is 27.5 Å². The number of allylic oxidation sites excluding steroid dienone is 4. The third kappa shape index (κ3) is 3.90. The van der Waals surface area contributed by atoms with Crippen LogP contribution >= 0.6 is 0 Å². The molecule has 1 aromatic heterocycles. The summed E-state index contributed by atoms with van der Waals surface area (Å²) in [6.45, 7) is 0. The Hall–Kier alpha value is -4.62. The Morgan fingerprint density at radius 1 is 0.459 bits per heavy atom. The van der Waals surface area contributed by atoms with Crippen molar-refractivity contribution in [1.29, 1.82) is 0 Å². The van der Waals surface area contributed by atoms with Crippen LogP contribution in [-0.4, -0.2) is 0 Å². The van der Waals surface area contributed by atoms with Gasteiger partial charge < -0.3 is 4.42 Å². The van der Waals surface area contributed by atoms with Crippen molar-refractivity contribution in [2.75, 3.05) is 0 Å². The van der Waals surface area contributed by atoms with Gasteiger partial charge >= 0.3 is 0 Å². The lowest BCUT2D eigenvalue weighted by Crippen LogP contribution is -1.90. The van der Waals surface area contributed by atoms with Crippen molar-refractivity contribution < 1.29 is 4.42 Å². The van der Waals surface area contributed by atoms with Crippen LogP contribution in [0.3, 0.4) is 0 Å². The molecule has 37 heavy (non-hydrogen) atoms. The average Bonchev–Trinajstić information content (AvgIpc) is 3.35. The van der Waals surface area contributed by atoms with Crippen LogP contribution in [0.4, 0.5) is 0 Å². The molecule has 0 atom stereocenters. The van der Waals surface area contributed by atoms with Gasteiger partial charge in [0.05, 0.1) is 0 Å². The molecule has 0 unspecified atom stereocenters. The van der Waals surface area contributed by atoms with Crippen LogP contribution in [0.25, 0.3) is 60.9 Å². The standard InChI is InChI=1S/C36H26O/c1-3-11-25(12-4-1)29-15-7-9-17-31(29)27-19-21-35-33(23-27)34-24-28(20-22-36(34)37-35)32-18-10-8-16-30(32)26-13-5-2-6-14-26/h1,3-5,7-24H,2,6H2. The predicted molar refractivity (Wildman–Crippen MR) is 156 cm³/mol. The minimum Gasteiger partial charge on any atom is -0.456 e. The Balaban J connectivity index is 1.38. The Labute approximate surface area is 217 Å². The highest BCUT2D eigenvalue weighted by molar-refractivity contribution is 6.08. The van der Waals surface area contributed by atoms with Gasteiger partial charge in [-0.3, -0.25) is 0 Å². The molecule has 0 radical (unpaired) electrons. The molecule has 1 aliphatic carbocycles. The van der Waals surface area contributed by atoms with Gasteiger partial charge in [0.1, 0.15) is 11.2 Å². The zero-order valence-corrected chi connectivity index (χ0v) is 20.5. The number of benzene rings is 5. The molecule has 1 nitrogen and oxygen atoms in total. The van der Waals surface area contributed by atoms with E-state index in [0.717, 1.165) is 34.8 Å². The van der Waals surface area contributed by atoms with E-state index in [1.807, 2.05) is 0 Å². The summed E-state index contributed by atoms with van der Waals surface area (Å²) in [4.78, 5) is 0. The highest BCUT2D eigenvalue weighted by atomic mass is 16.3. The number of fused-ring (bicyclic) bond motifs is 3. The molecule has 1 heterocycles. The van der Waals surface area contributed by atoms with Gasteiger partial charge in [-0.2, -0.15) is 0 Å². The van der Waals surface area contributed by atoms with E-state index >= 15 is 0 Å². The first-order valence-electron chi connectivity index (χ1n) is 12.9. The monoisotopic (exact) mass is 474 g/mol. The summed E-state index contributed by atoms with van der Waals surface area (Å²) in [5, 5.41) is 2.29. The Morgan fingerprint density at radius 2 is 1.00 bits per heavy atom. The van der Waals surface area contributed by atoms with Crippen LogP contribution in [0.5, 0.6) is 0 Å². The lowest BCUT2D eigenvalue weighted by atomic mass is 9.91. The van der Waals surface area contributed by atoms with Crippen LogP contribution in [-0.2, 0) is 0 Å². The fourth-order valence-electron chi connectivity index (χ4n) is 5.52. The van der Waals surface area contributed by atoms with E-state index in [0.29, 0.717) is 0 Å². The quantitative estimate of drug-likeness (QED) is 0.248. The highest BCUT2D eigenvalue weighted by Crippen LogP contribution is 2.39. The summed E-state index contributed by atoms with van der Waals surface area (Å²) < 4.78 is 6.27. The van der Waals surface area contributed by atoms with Crippen LogP contribution in [0.15, 0.2) is 138 Å². The van der Waals surface area contributed by atoms with E-state index in [2.05, 4.69) is 133 Å². The maximum Gasteiger partial charge on any atom is 0.135 e. The molecule has 0 aliphatic heterocycles. The summed E-state index contributed by atoms with van der Waals surface area (Å²) in [5.74, 6) is 0. The second-order valence-electron chi connectivity index (χ2n) is 9.62. The fraction of sp³-hybridized carbons (Fsp3) is 0.0556. The first-order chi connectivity index (χ1) is 18.3. The maximum atomic E-state index is 6.27. The number of rotatable bonds is 4. The molecule has 0 fully saturated rings. The Kier molecular flexibility index (Phi) is 5.33. The van der Waals surface area contributed by atoms with Crippen LogP contribution in [0.2, 0.25) is 0 Å². The van der Waals surface area contributed by atoms with Gasteiger partial charge in [-0.15, -0.1) is 0 Å². The van der Waals surface area contributed by atoms with E-state index in [1.54, 1.807) is 0 Å². The molecular weight excluding hydrogens is 448 g/mol. The molecule has 1 heteroatoms. The van der Waals surface area contributed by atoms with E-state index in [-0.39, 0.29) is 0 Å². The van der Waals surface area contributed by atoms with Crippen molar-refractivity contribution in [1.82, 2.24) is 0 Å². The van der Waals surface area contributed by atoms with Crippen molar-refractivity contribution in [3.05, 3.63) is 139 Å². The SMILES string of the molecule is C1=CC(c2ccccc2-c2ccc3oc4ccc(-c5ccccc5-c5ccccc5)cc4c3c2)=CCC1. The molecule has 0 saturated heterocycles. The third-order valence-corrected chi connectivity index (χ3v) is 7.34. The van der Waals surface area contributed by atoms with Gasteiger partial charge in [-0.05, 0) is 81.6 Å². The molecule has 0 saturated carbocycles. The zero-order valence-electron chi connectivity index (χ0n) is 20.5. The smallest absolute Gasteiger partial charge is 0.135 e. The Morgan fingerprint density at radius 3 is 1.59 bits per heavy atom. The minimum atomic E-state index is 0.916. The van der Waals surface area contributed by atoms with Crippen LogP contribution in [0, 0.1) is 0 Å². The summed E-state index contributed by atoms with van der Waals surface area (Å²) in [6, 6.07) is 41.1. The van der Waals surface area contributed by atoms with E-state index in [9.17, 15) is 0 Å². The van der Waals surface area contributed by atoms with Gasteiger partial charge in [0.2, 0.25) is 0 Å². The van der Waals surface area contributed by atoms with Gasteiger partial charge in [0, 0.05) is 10.8 Å². The lowest BCUT2D eigenvalue weighted by Gasteiger charge is -2.13. The van der Waals surface area contributed by atoms with E-state index in [1.165, 1.54) is 44.5 Å². The number of hydrogen-bond donors (Lipinski definition) is 0. The largest absolute Gasteiger partial charge is 0.456 e. The minimum absolute atomic E-state index is 0.916. The van der Waals surface area contributed by atoms with Crippen molar-refractivity contribution in [3.63, 3.8) is 0 Å². The third-order valence-electron chi connectivity index (χ3n) is 7.34. The lowest BCUT2D eigenvalue weighted by molar-refractivity contribution is 0.669. The topological polar surface area (TPSA) is 13.1 Å². The molecule has 0 amide bonds. The molecule has 5 aromatic carbocycles. The number of furan rings is 1. The second kappa shape index (κ2) is 9.11. The van der Waals surface area contributed by atoms with Crippen molar-refractivity contribution in [2.45, 2.75) is 12.8 Å². The summed E-state index contributed by atoms with van der Waals surface area (Å²) >= 11 is 0. The van der Waals surface area contributed by atoms with Gasteiger partial charge in [-0.25, -0.2) is 0 Å². The van der Waals surface area contributed by atoms with Gasteiger partial charge in [0.25, 0.3) is 0 Å². The van der Waals surface area contributed by atoms with Crippen molar-refractivity contribution in [2.24, 2.45) is 0 Å². The first kappa shape index (κ1) is 21.6.